The predicted octanol–water partition coefficient (Wildman–Crippen LogP) is 4.65. The molecule has 2 aromatic carbocycles. The Hall–Kier alpha value is -0.740. The van der Waals surface area contributed by atoms with Crippen LogP contribution in [0, 0.1) is 0 Å². The van der Waals surface area contributed by atoms with Crippen LogP contribution in [0.2, 0.25) is 5.02 Å². The Bertz CT molecular complexity index is 657. The minimum Gasteiger partial charge on any atom is -0.282 e. The van der Waals surface area contributed by atoms with E-state index in [0.29, 0.717) is 0 Å². The SMILES string of the molecule is Clc1cccc2c1c1ccccc1n2I. The maximum atomic E-state index is 6.23. The quantitative estimate of drug-likeness (QED) is 0.530. The summed E-state index contributed by atoms with van der Waals surface area (Å²) in [6.07, 6.45) is 0. The Labute approximate surface area is 106 Å². The van der Waals surface area contributed by atoms with Gasteiger partial charge in [-0.2, -0.15) is 0 Å². The molecule has 0 N–H and O–H groups in total. The highest BCUT2D eigenvalue weighted by Gasteiger charge is 2.10. The second-order valence-electron chi connectivity index (χ2n) is 3.43. The highest BCUT2D eigenvalue weighted by molar-refractivity contribution is 14.1. The van der Waals surface area contributed by atoms with Crippen LogP contribution in [0.25, 0.3) is 21.8 Å². The van der Waals surface area contributed by atoms with E-state index in [-0.39, 0.29) is 0 Å². The minimum atomic E-state index is 0.819. The lowest BCUT2D eigenvalue weighted by atomic mass is 10.1. The van der Waals surface area contributed by atoms with Crippen LogP contribution >= 0.6 is 34.5 Å². The molecule has 0 aliphatic carbocycles. The third kappa shape index (κ3) is 1.28. The van der Waals surface area contributed by atoms with Crippen molar-refractivity contribution in [3.63, 3.8) is 0 Å². The van der Waals surface area contributed by atoms with E-state index in [4.69, 9.17) is 11.6 Å². The number of halogens is 2. The third-order valence-corrected chi connectivity index (χ3v) is 3.94. The summed E-state index contributed by atoms with van der Waals surface area (Å²) in [7, 11) is 0. The lowest BCUT2D eigenvalue weighted by molar-refractivity contribution is 1.50. The molecule has 0 amide bonds. The number of nitrogens with zero attached hydrogens (tertiary/aromatic N) is 1. The van der Waals surface area contributed by atoms with Crippen LogP contribution in [0.1, 0.15) is 0 Å². The Kier molecular flexibility index (Phi) is 2.14. The average molecular weight is 328 g/mol. The number of para-hydroxylation sites is 1. The molecular weight excluding hydrogens is 320 g/mol. The molecule has 0 saturated heterocycles. The molecule has 15 heavy (non-hydrogen) atoms. The van der Waals surface area contributed by atoms with Gasteiger partial charge in [-0.05, 0) is 18.2 Å². The van der Waals surface area contributed by atoms with Crippen molar-refractivity contribution in [3.8, 4) is 0 Å². The van der Waals surface area contributed by atoms with Crippen molar-refractivity contribution in [2.24, 2.45) is 0 Å². The van der Waals surface area contributed by atoms with E-state index >= 15 is 0 Å². The molecule has 0 aliphatic heterocycles. The monoisotopic (exact) mass is 327 g/mol. The first-order valence-corrected chi connectivity index (χ1v) is 5.97. The molecule has 3 aromatic rings. The number of rotatable bonds is 0. The topological polar surface area (TPSA) is 4.93 Å². The lowest BCUT2D eigenvalue weighted by Crippen LogP contribution is -1.76. The zero-order valence-corrected chi connectivity index (χ0v) is 10.7. The van der Waals surface area contributed by atoms with Crippen LogP contribution in [-0.2, 0) is 0 Å². The fourth-order valence-electron chi connectivity index (χ4n) is 1.93. The van der Waals surface area contributed by atoms with Crippen molar-refractivity contribution in [1.29, 1.82) is 0 Å². The molecule has 1 nitrogen and oxygen atoms in total. The van der Waals surface area contributed by atoms with Gasteiger partial charge in [0.05, 0.1) is 38.9 Å². The van der Waals surface area contributed by atoms with Crippen molar-refractivity contribution < 1.29 is 0 Å². The van der Waals surface area contributed by atoms with Gasteiger partial charge in [0.1, 0.15) is 0 Å². The van der Waals surface area contributed by atoms with E-state index in [1.807, 2.05) is 24.3 Å². The Balaban J connectivity index is 2.70. The standard InChI is InChI=1S/C12H7ClIN/c13-9-5-3-7-11-12(9)8-4-1-2-6-10(8)15(11)14/h1-7H. The first-order valence-electron chi connectivity index (χ1n) is 4.63. The van der Waals surface area contributed by atoms with Gasteiger partial charge in [0.15, 0.2) is 0 Å². The smallest absolute Gasteiger partial charge is 0.0646 e. The van der Waals surface area contributed by atoms with E-state index in [9.17, 15) is 0 Å². The molecule has 0 bridgehead atoms. The van der Waals surface area contributed by atoms with Gasteiger partial charge in [-0.1, -0.05) is 35.9 Å². The summed E-state index contributed by atoms with van der Waals surface area (Å²) < 4.78 is 2.15. The highest BCUT2D eigenvalue weighted by atomic mass is 127. The van der Waals surface area contributed by atoms with E-state index in [1.165, 1.54) is 16.4 Å². The molecule has 1 heterocycles. The van der Waals surface area contributed by atoms with Gasteiger partial charge in [-0.25, -0.2) is 0 Å². The minimum absolute atomic E-state index is 0.819. The fraction of sp³-hybridized carbons (Fsp3) is 0. The summed E-state index contributed by atoms with van der Waals surface area (Å²) >= 11 is 8.54. The van der Waals surface area contributed by atoms with Gasteiger partial charge in [0.25, 0.3) is 0 Å². The molecule has 0 saturated carbocycles. The van der Waals surface area contributed by atoms with Crippen molar-refractivity contribution in [2.45, 2.75) is 0 Å². The normalized spacial score (nSPS) is 11.3. The van der Waals surface area contributed by atoms with Crippen LogP contribution in [-0.4, -0.2) is 2.78 Å². The maximum absolute atomic E-state index is 6.23. The number of aromatic nitrogens is 1. The molecule has 0 atom stereocenters. The zero-order valence-electron chi connectivity index (χ0n) is 7.74. The summed E-state index contributed by atoms with van der Waals surface area (Å²) in [5, 5.41) is 3.18. The average Bonchev–Trinajstić information content (AvgIpc) is 2.55. The van der Waals surface area contributed by atoms with Crippen LogP contribution in [0.15, 0.2) is 42.5 Å². The second-order valence-corrected chi connectivity index (χ2v) is 4.80. The van der Waals surface area contributed by atoms with Crippen LogP contribution in [0.3, 0.4) is 0 Å². The zero-order chi connectivity index (χ0) is 10.4. The number of hydrogen-bond acceptors (Lipinski definition) is 0. The molecule has 3 heteroatoms. The molecule has 0 aliphatic rings. The molecule has 74 valence electrons. The van der Waals surface area contributed by atoms with Crippen LogP contribution in [0.4, 0.5) is 0 Å². The van der Waals surface area contributed by atoms with E-state index < -0.39 is 0 Å². The summed E-state index contributed by atoms with van der Waals surface area (Å²) in [4.78, 5) is 0. The van der Waals surface area contributed by atoms with Gasteiger partial charge in [-0.3, -0.25) is 2.78 Å². The van der Waals surface area contributed by atoms with Gasteiger partial charge in [-0.15, -0.1) is 0 Å². The summed E-state index contributed by atoms with van der Waals surface area (Å²) in [5.41, 5.74) is 2.38. The molecule has 1 aromatic heterocycles. The van der Waals surface area contributed by atoms with Crippen LogP contribution < -0.4 is 0 Å². The molecule has 0 fully saturated rings. The summed E-state index contributed by atoms with van der Waals surface area (Å²) in [5.74, 6) is 0. The van der Waals surface area contributed by atoms with E-state index in [2.05, 4.69) is 43.8 Å². The fourth-order valence-corrected chi connectivity index (χ4v) is 3.02. The summed E-state index contributed by atoms with van der Waals surface area (Å²) in [6, 6.07) is 14.3. The van der Waals surface area contributed by atoms with Gasteiger partial charge in [0.2, 0.25) is 0 Å². The molecule has 3 rings (SSSR count). The number of hydrogen-bond donors (Lipinski definition) is 0. The first kappa shape index (κ1) is 9.48. The van der Waals surface area contributed by atoms with Crippen molar-refractivity contribution in [2.75, 3.05) is 0 Å². The van der Waals surface area contributed by atoms with Gasteiger partial charge >= 0.3 is 0 Å². The predicted molar refractivity (Wildman–Crippen MR) is 73.9 cm³/mol. The van der Waals surface area contributed by atoms with E-state index in [0.717, 1.165) is 10.4 Å². The first-order chi connectivity index (χ1) is 7.29. The highest BCUT2D eigenvalue weighted by Crippen LogP contribution is 2.34. The van der Waals surface area contributed by atoms with Crippen molar-refractivity contribution >= 4 is 56.3 Å². The largest absolute Gasteiger partial charge is 0.282 e. The summed E-state index contributed by atoms with van der Waals surface area (Å²) in [6.45, 7) is 0. The Morgan fingerprint density at radius 3 is 2.53 bits per heavy atom. The van der Waals surface area contributed by atoms with Crippen molar-refractivity contribution in [1.82, 2.24) is 2.78 Å². The number of fused-ring (bicyclic) bond motifs is 3. The van der Waals surface area contributed by atoms with Crippen molar-refractivity contribution in [3.05, 3.63) is 47.5 Å². The molecule has 0 unspecified atom stereocenters. The lowest BCUT2D eigenvalue weighted by Gasteiger charge is -1.94. The second kappa shape index (κ2) is 3.39. The molecular formula is C12H7ClIN. The molecule has 0 spiro atoms. The Morgan fingerprint density at radius 2 is 1.67 bits per heavy atom. The Morgan fingerprint density at radius 1 is 0.933 bits per heavy atom. The molecule has 0 radical (unpaired) electrons. The third-order valence-electron chi connectivity index (χ3n) is 2.59. The van der Waals surface area contributed by atoms with Crippen LogP contribution in [0.5, 0.6) is 0 Å². The maximum Gasteiger partial charge on any atom is 0.0646 e. The van der Waals surface area contributed by atoms with E-state index in [1.54, 1.807) is 0 Å². The number of benzene rings is 2. The van der Waals surface area contributed by atoms with Gasteiger partial charge < -0.3 is 0 Å². The van der Waals surface area contributed by atoms with Gasteiger partial charge in [0, 0.05) is 10.8 Å².